The van der Waals surface area contributed by atoms with Gasteiger partial charge in [-0.25, -0.2) is 4.79 Å². The number of hydrogen-bond donors (Lipinski definition) is 1. The number of ketones is 1. The summed E-state index contributed by atoms with van der Waals surface area (Å²) in [6.07, 6.45) is 0.851. The lowest BCUT2D eigenvalue weighted by Gasteiger charge is -2.29. The monoisotopic (exact) mass is 421 g/mol. The normalized spacial score (nSPS) is 16.6. The molecule has 162 valence electrons. The molecule has 0 bridgehead atoms. The molecule has 3 rings (SSSR count). The van der Waals surface area contributed by atoms with Gasteiger partial charge in [0.2, 0.25) is 0 Å². The summed E-state index contributed by atoms with van der Waals surface area (Å²) in [5, 5.41) is 10.8. The summed E-state index contributed by atoms with van der Waals surface area (Å²) in [5.41, 5.74) is 1.73. The lowest BCUT2D eigenvalue weighted by molar-refractivity contribution is -0.123. The molecule has 31 heavy (non-hydrogen) atoms. The van der Waals surface area contributed by atoms with Crippen LogP contribution in [-0.4, -0.2) is 29.9 Å². The Bertz CT molecular complexity index is 1060. The Morgan fingerprint density at radius 2 is 1.74 bits per heavy atom. The van der Waals surface area contributed by atoms with Crippen LogP contribution >= 0.6 is 0 Å². The molecule has 0 saturated carbocycles. The highest BCUT2D eigenvalue weighted by atomic mass is 16.5. The number of methoxy groups -OCH3 is 1. The molecule has 0 spiro atoms. The van der Waals surface area contributed by atoms with Crippen LogP contribution in [0, 0.1) is 5.41 Å². The van der Waals surface area contributed by atoms with E-state index in [9.17, 15) is 19.5 Å². The number of rotatable bonds is 5. The second-order valence-electron chi connectivity index (χ2n) is 8.56. The van der Waals surface area contributed by atoms with E-state index < -0.39 is 29.1 Å². The number of ether oxygens (including phenoxy) is 1. The summed E-state index contributed by atoms with van der Waals surface area (Å²) in [6.45, 7) is 7.28. The van der Waals surface area contributed by atoms with E-state index in [0.29, 0.717) is 11.3 Å². The average molecular weight is 421 g/mol. The zero-order valence-electron chi connectivity index (χ0n) is 18.4. The van der Waals surface area contributed by atoms with Crippen molar-refractivity contribution < 1.29 is 24.2 Å². The summed E-state index contributed by atoms with van der Waals surface area (Å²) in [7, 11) is 1.28. The van der Waals surface area contributed by atoms with E-state index in [1.165, 1.54) is 18.1 Å². The van der Waals surface area contributed by atoms with Crippen molar-refractivity contribution in [2.75, 3.05) is 12.0 Å². The van der Waals surface area contributed by atoms with Crippen LogP contribution in [0.5, 0.6) is 0 Å². The van der Waals surface area contributed by atoms with E-state index in [1.807, 2.05) is 31.2 Å². The lowest BCUT2D eigenvalue weighted by Crippen LogP contribution is -2.33. The first-order chi connectivity index (χ1) is 14.6. The first kappa shape index (κ1) is 22.3. The molecule has 1 heterocycles. The van der Waals surface area contributed by atoms with Crippen LogP contribution in [0.1, 0.15) is 55.2 Å². The fourth-order valence-electron chi connectivity index (χ4n) is 3.66. The fourth-order valence-corrected chi connectivity index (χ4v) is 3.66. The highest BCUT2D eigenvalue weighted by Crippen LogP contribution is 2.43. The zero-order chi connectivity index (χ0) is 22.9. The molecule has 0 fully saturated rings. The Hall–Kier alpha value is -3.41. The van der Waals surface area contributed by atoms with Gasteiger partial charge in [-0.3, -0.25) is 14.5 Å². The predicted molar refractivity (Wildman–Crippen MR) is 118 cm³/mol. The topological polar surface area (TPSA) is 83.9 Å². The third-order valence-electron chi connectivity index (χ3n) is 5.38. The maximum absolute atomic E-state index is 13.3. The minimum atomic E-state index is -0.807. The van der Waals surface area contributed by atoms with E-state index >= 15 is 0 Å². The van der Waals surface area contributed by atoms with Crippen molar-refractivity contribution in [1.82, 2.24) is 0 Å². The standard InChI is InChI=1S/C25H27NO5/c1-6-15-10-12-16(13-11-15)20-19(22(28)25(2,3)4)21(27)23(29)26(20)18-9-7-8-17(14-18)24(30)31-5/h7-14,20,27H,6H2,1-5H3. The Morgan fingerprint density at radius 1 is 1.10 bits per heavy atom. The van der Waals surface area contributed by atoms with Gasteiger partial charge < -0.3 is 9.84 Å². The molecule has 0 saturated heterocycles. The molecule has 2 aromatic carbocycles. The van der Waals surface area contributed by atoms with Gasteiger partial charge in [0.05, 0.1) is 24.3 Å². The van der Waals surface area contributed by atoms with Gasteiger partial charge in [0.25, 0.3) is 5.91 Å². The number of anilines is 1. The number of amides is 1. The Balaban J connectivity index is 2.19. The fraction of sp³-hybridized carbons (Fsp3) is 0.320. The Kier molecular flexibility index (Phi) is 6.02. The molecule has 1 aliphatic heterocycles. The molecule has 1 atom stereocenters. The Labute approximate surface area is 182 Å². The molecular formula is C25H27NO5. The summed E-state index contributed by atoms with van der Waals surface area (Å²) >= 11 is 0. The predicted octanol–water partition coefficient (Wildman–Crippen LogP) is 4.55. The molecular weight excluding hydrogens is 394 g/mol. The van der Waals surface area contributed by atoms with Crippen molar-refractivity contribution >= 4 is 23.3 Å². The molecule has 1 aliphatic rings. The maximum atomic E-state index is 13.3. The van der Waals surface area contributed by atoms with Gasteiger partial charge in [-0.05, 0) is 35.7 Å². The van der Waals surface area contributed by atoms with Gasteiger partial charge in [-0.1, -0.05) is 58.0 Å². The minimum Gasteiger partial charge on any atom is -0.503 e. The number of hydrogen-bond acceptors (Lipinski definition) is 5. The number of aliphatic hydroxyl groups is 1. The van der Waals surface area contributed by atoms with Crippen molar-refractivity contribution in [3.63, 3.8) is 0 Å². The van der Waals surface area contributed by atoms with Crippen LogP contribution < -0.4 is 4.90 Å². The number of esters is 1. The summed E-state index contributed by atoms with van der Waals surface area (Å²) in [4.78, 5) is 39.8. The van der Waals surface area contributed by atoms with E-state index in [2.05, 4.69) is 0 Å². The molecule has 0 aliphatic carbocycles. The average Bonchev–Trinajstić information content (AvgIpc) is 3.02. The van der Waals surface area contributed by atoms with E-state index in [-0.39, 0.29) is 16.9 Å². The van der Waals surface area contributed by atoms with Gasteiger partial charge in [-0.15, -0.1) is 0 Å². The Morgan fingerprint density at radius 3 is 2.29 bits per heavy atom. The molecule has 6 heteroatoms. The lowest BCUT2D eigenvalue weighted by atomic mass is 9.82. The molecule has 1 N–H and O–H groups in total. The first-order valence-electron chi connectivity index (χ1n) is 10.2. The van der Waals surface area contributed by atoms with Crippen LogP contribution in [0.15, 0.2) is 59.9 Å². The van der Waals surface area contributed by atoms with Crippen molar-refractivity contribution in [2.24, 2.45) is 5.41 Å². The molecule has 1 unspecified atom stereocenters. The molecule has 6 nitrogen and oxygen atoms in total. The van der Waals surface area contributed by atoms with E-state index in [1.54, 1.807) is 39.0 Å². The maximum Gasteiger partial charge on any atom is 0.337 e. The van der Waals surface area contributed by atoms with Crippen LogP contribution in [0.3, 0.4) is 0 Å². The summed E-state index contributed by atoms with van der Waals surface area (Å²) in [6, 6.07) is 13.2. The quantitative estimate of drug-likeness (QED) is 0.716. The number of carbonyl (C=O) groups excluding carboxylic acids is 3. The molecule has 2 aromatic rings. The zero-order valence-corrected chi connectivity index (χ0v) is 18.4. The molecule has 1 amide bonds. The van der Waals surface area contributed by atoms with Gasteiger partial charge in [0.1, 0.15) is 0 Å². The first-order valence-corrected chi connectivity index (χ1v) is 10.2. The second kappa shape index (κ2) is 8.38. The number of Topliss-reactive ketones (excluding diaryl/α,β-unsaturated/α-hetero) is 1. The highest BCUT2D eigenvalue weighted by Gasteiger charge is 2.46. The second-order valence-corrected chi connectivity index (χ2v) is 8.56. The van der Waals surface area contributed by atoms with Crippen molar-refractivity contribution in [2.45, 2.75) is 40.2 Å². The van der Waals surface area contributed by atoms with Crippen LogP contribution in [0.25, 0.3) is 0 Å². The number of benzene rings is 2. The van der Waals surface area contributed by atoms with E-state index in [4.69, 9.17) is 4.74 Å². The van der Waals surface area contributed by atoms with Gasteiger partial charge in [0, 0.05) is 11.1 Å². The number of carbonyl (C=O) groups is 3. The van der Waals surface area contributed by atoms with Gasteiger partial charge in [-0.2, -0.15) is 0 Å². The van der Waals surface area contributed by atoms with Crippen molar-refractivity contribution in [3.8, 4) is 0 Å². The number of nitrogens with zero attached hydrogens (tertiary/aromatic N) is 1. The largest absolute Gasteiger partial charge is 0.503 e. The van der Waals surface area contributed by atoms with E-state index in [0.717, 1.165) is 12.0 Å². The molecule has 0 aromatic heterocycles. The third-order valence-corrected chi connectivity index (χ3v) is 5.38. The van der Waals surface area contributed by atoms with Crippen LogP contribution in [-0.2, 0) is 20.7 Å². The van der Waals surface area contributed by atoms with Gasteiger partial charge in [0.15, 0.2) is 11.5 Å². The minimum absolute atomic E-state index is 0.0604. The highest BCUT2D eigenvalue weighted by molar-refractivity contribution is 6.17. The summed E-state index contributed by atoms with van der Waals surface area (Å²) < 4.78 is 4.79. The number of aryl methyl sites for hydroxylation is 1. The summed E-state index contributed by atoms with van der Waals surface area (Å²) in [5.74, 6) is -2.10. The van der Waals surface area contributed by atoms with Gasteiger partial charge >= 0.3 is 5.97 Å². The van der Waals surface area contributed by atoms with Crippen molar-refractivity contribution in [3.05, 3.63) is 76.6 Å². The number of aliphatic hydroxyl groups excluding tert-OH is 1. The SMILES string of the molecule is CCc1ccc(C2C(C(=O)C(C)(C)C)=C(O)C(=O)N2c2cccc(C(=O)OC)c2)cc1. The van der Waals surface area contributed by atoms with Crippen LogP contribution in [0.4, 0.5) is 5.69 Å². The third kappa shape index (κ3) is 4.10. The van der Waals surface area contributed by atoms with Crippen LogP contribution in [0.2, 0.25) is 0 Å². The van der Waals surface area contributed by atoms with Crippen molar-refractivity contribution in [1.29, 1.82) is 0 Å². The smallest absolute Gasteiger partial charge is 0.337 e. The molecule has 0 radical (unpaired) electrons.